The van der Waals surface area contributed by atoms with Gasteiger partial charge in [-0.3, -0.25) is 14.6 Å². The highest BCUT2D eigenvalue weighted by atomic mass is 16.2. The van der Waals surface area contributed by atoms with E-state index < -0.39 is 0 Å². The third kappa shape index (κ3) is 3.96. The highest BCUT2D eigenvalue weighted by molar-refractivity contribution is 6.07. The van der Waals surface area contributed by atoms with Crippen LogP contribution in [0.25, 0.3) is 0 Å². The topological polar surface area (TPSA) is 53.5 Å². The Labute approximate surface area is 177 Å². The molecule has 2 aromatic carbocycles. The first kappa shape index (κ1) is 19.8. The third-order valence-corrected chi connectivity index (χ3v) is 5.52. The van der Waals surface area contributed by atoms with E-state index in [1.54, 1.807) is 17.2 Å². The maximum Gasteiger partial charge on any atom is 0.259 e. The Morgan fingerprint density at radius 3 is 2.53 bits per heavy atom. The number of amides is 2. The summed E-state index contributed by atoms with van der Waals surface area (Å²) in [6, 6.07) is 17.7. The number of carbonyl (C=O) groups excluding carboxylic acids is 2. The number of hydrogen-bond donors (Lipinski definition) is 0. The summed E-state index contributed by atoms with van der Waals surface area (Å²) in [4.78, 5) is 34.0. The average molecular weight is 399 g/mol. The summed E-state index contributed by atoms with van der Waals surface area (Å²) in [5, 5.41) is 0. The lowest BCUT2D eigenvalue weighted by Gasteiger charge is -2.29. The molecule has 5 nitrogen and oxygen atoms in total. The van der Waals surface area contributed by atoms with E-state index in [4.69, 9.17) is 0 Å². The van der Waals surface area contributed by atoms with Crippen LogP contribution in [0.2, 0.25) is 0 Å². The first-order valence-corrected chi connectivity index (χ1v) is 10.3. The minimum absolute atomic E-state index is 0.0924. The van der Waals surface area contributed by atoms with Gasteiger partial charge in [-0.2, -0.15) is 0 Å². The van der Waals surface area contributed by atoms with Crippen LogP contribution in [0.5, 0.6) is 0 Å². The van der Waals surface area contributed by atoms with Gasteiger partial charge in [-0.05, 0) is 55.2 Å². The van der Waals surface area contributed by atoms with Gasteiger partial charge < -0.3 is 9.80 Å². The van der Waals surface area contributed by atoms with Gasteiger partial charge in [0.25, 0.3) is 11.8 Å². The zero-order valence-corrected chi connectivity index (χ0v) is 17.3. The number of rotatable bonds is 4. The molecule has 1 aliphatic heterocycles. The van der Waals surface area contributed by atoms with Crippen LogP contribution in [0.1, 0.15) is 44.3 Å². The summed E-state index contributed by atoms with van der Waals surface area (Å²) < 4.78 is 0. The van der Waals surface area contributed by atoms with Gasteiger partial charge in [-0.15, -0.1) is 0 Å². The van der Waals surface area contributed by atoms with E-state index in [0.717, 1.165) is 17.7 Å². The maximum atomic E-state index is 13.2. The summed E-state index contributed by atoms with van der Waals surface area (Å²) in [5.74, 6) is -0.250. The van der Waals surface area contributed by atoms with Gasteiger partial charge in [0.05, 0.1) is 11.1 Å². The smallest absolute Gasteiger partial charge is 0.259 e. The Morgan fingerprint density at radius 2 is 1.77 bits per heavy atom. The molecular weight excluding hydrogens is 374 g/mol. The minimum atomic E-state index is -0.158. The van der Waals surface area contributed by atoms with E-state index in [1.807, 2.05) is 55.1 Å². The molecule has 0 spiro atoms. The zero-order valence-electron chi connectivity index (χ0n) is 17.3. The average Bonchev–Trinajstić information content (AvgIpc) is 2.79. The maximum absolute atomic E-state index is 13.2. The number of aryl methyl sites for hydroxylation is 1. The Hall–Kier alpha value is -3.47. The predicted octanol–water partition coefficient (Wildman–Crippen LogP) is 4.26. The van der Waals surface area contributed by atoms with Crippen molar-refractivity contribution in [1.29, 1.82) is 0 Å². The highest BCUT2D eigenvalue weighted by Crippen LogP contribution is 2.22. The van der Waals surface area contributed by atoms with Crippen LogP contribution >= 0.6 is 0 Å². The van der Waals surface area contributed by atoms with Gasteiger partial charge in [0.1, 0.15) is 0 Å². The third-order valence-electron chi connectivity index (χ3n) is 5.52. The molecule has 30 heavy (non-hydrogen) atoms. The molecule has 152 valence electrons. The number of pyridine rings is 1. The van der Waals surface area contributed by atoms with Gasteiger partial charge in [-0.1, -0.05) is 36.4 Å². The van der Waals surface area contributed by atoms with Crippen LogP contribution in [0.15, 0.2) is 67.0 Å². The molecule has 0 unspecified atom stereocenters. The SMILES string of the molecule is CCN(C(=O)c1cncc(C(=O)N2CCc3ccccc3C2)c1)c1cccc(C)c1. The Balaban J connectivity index is 1.56. The second-order valence-corrected chi connectivity index (χ2v) is 7.60. The van der Waals surface area contributed by atoms with Crippen molar-refractivity contribution in [3.63, 3.8) is 0 Å². The number of hydrogen-bond acceptors (Lipinski definition) is 3. The fourth-order valence-corrected chi connectivity index (χ4v) is 3.92. The lowest BCUT2D eigenvalue weighted by Crippen LogP contribution is -2.36. The molecule has 0 saturated carbocycles. The second kappa shape index (κ2) is 8.49. The van der Waals surface area contributed by atoms with Gasteiger partial charge in [0.15, 0.2) is 0 Å². The largest absolute Gasteiger partial charge is 0.334 e. The monoisotopic (exact) mass is 399 g/mol. The molecule has 4 rings (SSSR count). The molecule has 0 radical (unpaired) electrons. The lowest BCUT2D eigenvalue weighted by molar-refractivity contribution is 0.0734. The molecule has 0 aliphatic carbocycles. The zero-order chi connectivity index (χ0) is 21.1. The number of nitrogens with zero attached hydrogens (tertiary/aromatic N) is 3. The molecule has 1 aromatic heterocycles. The summed E-state index contributed by atoms with van der Waals surface area (Å²) in [6.07, 6.45) is 3.91. The molecule has 0 N–H and O–H groups in total. The van der Waals surface area contributed by atoms with E-state index in [-0.39, 0.29) is 11.8 Å². The number of fused-ring (bicyclic) bond motifs is 1. The lowest BCUT2D eigenvalue weighted by atomic mass is 9.99. The van der Waals surface area contributed by atoms with E-state index >= 15 is 0 Å². The first-order valence-electron chi connectivity index (χ1n) is 10.3. The fraction of sp³-hybridized carbons (Fsp3) is 0.240. The summed E-state index contributed by atoms with van der Waals surface area (Å²) >= 11 is 0. The van der Waals surface area contributed by atoms with Crippen molar-refractivity contribution in [1.82, 2.24) is 9.88 Å². The Morgan fingerprint density at radius 1 is 1.00 bits per heavy atom. The van der Waals surface area contributed by atoms with Gasteiger partial charge in [0, 0.05) is 37.7 Å². The van der Waals surface area contributed by atoms with Gasteiger partial charge >= 0.3 is 0 Å². The molecule has 3 aromatic rings. The summed E-state index contributed by atoms with van der Waals surface area (Å²) in [6.45, 7) is 5.71. The van der Waals surface area contributed by atoms with Gasteiger partial charge in [0.2, 0.25) is 0 Å². The van der Waals surface area contributed by atoms with Crippen LogP contribution in [0.3, 0.4) is 0 Å². The highest BCUT2D eigenvalue weighted by Gasteiger charge is 2.23. The van der Waals surface area contributed by atoms with E-state index in [0.29, 0.717) is 30.8 Å². The second-order valence-electron chi connectivity index (χ2n) is 7.60. The van der Waals surface area contributed by atoms with Crippen LogP contribution in [0, 0.1) is 6.92 Å². The quantitative estimate of drug-likeness (QED) is 0.659. The molecule has 1 aliphatic rings. The molecule has 2 amide bonds. The standard InChI is InChI=1S/C25H25N3O2/c1-3-28(23-10-6-7-18(2)13-23)25(30)22-14-21(15-26-16-22)24(29)27-12-11-19-8-4-5-9-20(19)17-27/h4-10,13-16H,3,11-12,17H2,1-2H3. The van der Waals surface area contributed by atoms with E-state index in [2.05, 4.69) is 17.1 Å². The molecule has 0 fully saturated rings. The number of benzene rings is 2. The van der Waals surface area contributed by atoms with Crippen molar-refractivity contribution < 1.29 is 9.59 Å². The molecule has 2 heterocycles. The first-order chi connectivity index (χ1) is 14.6. The van der Waals surface area contributed by atoms with Crippen LogP contribution in [0.4, 0.5) is 5.69 Å². The molecule has 0 atom stereocenters. The Kier molecular flexibility index (Phi) is 5.61. The van der Waals surface area contributed by atoms with Crippen molar-refractivity contribution in [3.8, 4) is 0 Å². The fourth-order valence-electron chi connectivity index (χ4n) is 3.92. The van der Waals surface area contributed by atoms with Crippen LogP contribution in [-0.4, -0.2) is 34.8 Å². The van der Waals surface area contributed by atoms with Crippen molar-refractivity contribution >= 4 is 17.5 Å². The Bertz CT molecular complexity index is 1090. The summed E-state index contributed by atoms with van der Waals surface area (Å²) in [7, 11) is 0. The van der Waals surface area contributed by atoms with Crippen molar-refractivity contribution in [3.05, 3.63) is 94.8 Å². The number of anilines is 1. The van der Waals surface area contributed by atoms with Crippen LogP contribution < -0.4 is 4.90 Å². The predicted molar refractivity (Wildman–Crippen MR) is 118 cm³/mol. The molecule has 5 heteroatoms. The van der Waals surface area contributed by atoms with Crippen molar-refractivity contribution in [2.45, 2.75) is 26.8 Å². The van der Waals surface area contributed by atoms with Crippen LogP contribution in [-0.2, 0) is 13.0 Å². The van der Waals surface area contributed by atoms with E-state index in [9.17, 15) is 9.59 Å². The van der Waals surface area contributed by atoms with Crippen molar-refractivity contribution in [2.24, 2.45) is 0 Å². The molecule has 0 bridgehead atoms. The summed E-state index contributed by atoms with van der Waals surface area (Å²) in [5.41, 5.74) is 5.26. The molecular formula is C25H25N3O2. The van der Waals surface area contributed by atoms with Crippen molar-refractivity contribution in [2.75, 3.05) is 18.0 Å². The van der Waals surface area contributed by atoms with Gasteiger partial charge in [-0.25, -0.2) is 0 Å². The number of carbonyl (C=O) groups is 2. The minimum Gasteiger partial charge on any atom is -0.334 e. The molecule has 0 saturated heterocycles. The number of aromatic nitrogens is 1. The normalized spacial score (nSPS) is 12.9. The van der Waals surface area contributed by atoms with E-state index in [1.165, 1.54) is 17.3 Å².